The first-order chi connectivity index (χ1) is 9.39. The van der Waals surface area contributed by atoms with Gasteiger partial charge in [0.1, 0.15) is 5.54 Å². The van der Waals surface area contributed by atoms with Gasteiger partial charge in [-0.05, 0) is 31.5 Å². The van der Waals surface area contributed by atoms with Crippen LogP contribution in [0.1, 0.15) is 33.1 Å². The molecule has 2 atom stereocenters. The summed E-state index contributed by atoms with van der Waals surface area (Å²) in [6, 6.07) is 7.32. The Morgan fingerprint density at radius 1 is 1.55 bits per heavy atom. The zero-order valence-corrected chi connectivity index (χ0v) is 12.7. The predicted molar refractivity (Wildman–Crippen MR) is 80.9 cm³/mol. The molecule has 3 N–H and O–H groups in total. The van der Waals surface area contributed by atoms with E-state index in [1.54, 1.807) is 12.1 Å². The van der Waals surface area contributed by atoms with Crippen molar-refractivity contribution in [2.45, 2.75) is 44.2 Å². The summed E-state index contributed by atoms with van der Waals surface area (Å²) in [7, 11) is 0. The van der Waals surface area contributed by atoms with Crippen molar-refractivity contribution in [1.29, 1.82) is 0 Å². The third-order valence-corrected chi connectivity index (χ3v) is 4.32. The summed E-state index contributed by atoms with van der Waals surface area (Å²) >= 11 is 5.99. The van der Waals surface area contributed by atoms with E-state index >= 15 is 0 Å². The van der Waals surface area contributed by atoms with Crippen LogP contribution in [0.3, 0.4) is 0 Å². The number of benzene rings is 1. The molecule has 0 spiro atoms. The standard InChI is InChI=1S/C15H21ClN2O2/c1-3-14(2)10-15(13(17)19,7-8-20-14)18-12-6-4-5-11(16)9-12/h4-6,9,18H,3,7-8,10H2,1-2H3,(H2,17,19). The molecule has 110 valence electrons. The Bertz CT molecular complexity index is 508. The van der Waals surface area contributed by atoms with E-state index in [1.165, 1.54) is 0 Å². The number of amides is 1. The number of ether oxygens (including phenoxy) is 1. The first kappa shape index (κ1) is 15.1. The lowest BCUT2D eigenvalue weighted by Crippen LogP contribution is -2.59. The van der Waals surface area contributed by atoms with Crippen LogP contribution in [0.4, 0.5) is 5.69 Å². The number of carbonyl (C=O) groups excluding carboxylic acids is 1. The number of carbonyl (C=O) groups is 1. The van der Waals surface area contributed by atoms with Crippen LogP contribution in [0.2, 0.25) is 5.02 Å². The largest absolute Gasteiger partial charge is 0.375 e. The Hall–Kier alpha value is -1.26. The number of rotatable bonds is 4. The molecule has 5 heteroatoms. The molecule has 0 aromatic heterocycles. The van der Waals surface area contributed by atoms with E-state index in [4.69, 9.17) is 22.1 Å². The summed E-state index contributed by atoms with van der Waals surface area (Å²) in [5.74, 6) is -0.347. The van der Waals surface area contributed by atoms with Gasteiger partial charge in [-0.2, -0.15) is 0 Å². The number of primary amides is 1. The fraction of sp³-hybridized carbons (Fsp3) is 0.533. The maximum Gasteiger partial charge on any atom is 0.243 e. The second kappa shape index (κ2) is 5.62. The molecule has 2 rings (SSSR count). The van der Waals surface area contributed by atoms with Gasteiger partial charge < -0.3 is 15.8 Å². The lowest BCUT2D eigenvalue weighted by molar-refractivity contribution is -0.135. The van der Waals surface area contributed by atoms with Gasteiger partial charge in [0.25, 0.3) is 0 Å². The minimum atomic E-state index is -0.784. The third-order valence-electron chi connectivity index (χ3n) is 4.08. The highest BCUT2D eigenvalue weighted by atomic mass is 35.5. The second-order valence-corrected chi connectivity index (χ2v) is 6.10. The minimum absolute atomic E-state index is 0.334. The molecule has 0 aliphatic carbocycles. The fourth-order valence-electron chi connectivity index (χ4n) is 2.70. The van der Waals surface area contributed by atoms with E-state index in [0.717, 1.165) is 12.1 Å². The van der Waals surface area contributed by atoms with Gasteiger partial charge in [-0.1, -0.05) is 24.6 Å². The highest BCUT2D eigenvalue weighted by Gasteiger charge is 2.46. The number of halogens is 1. The Balaban J connectivity index is 2.28. The number of anilines is 1. The van der Waals surface area contributed by atoms with Crippen LogP contribution in [0.15, 0.2) is 24.3 Å². The Morgan fingerprint density at radius 3 is 2.90 bits per heavy atom. The molecule has 1 aromatic carbocycles. The van der Waals surface area contributed by atoms with Gasteiger partial charge in [-0.3, -0.25) is 4.79 Å². The molecule has 20 heavy (non-hydrogen) atoms. The van der Waals surface area contributed by atoms with Gasteiger partial charge in [0.2, 0.25) is 5.91 Å². The van der Waals surface area contributed by atoms with Gasteiger partial charge in [0.15, 0.2) is 0 Å². The first-order valence-corrected chi connectivity index (χ1v) is 7.25. The van der Waals surface area contributed by atoms with E-state index in [-0.39, 0.29) is 11.5 Å². The molecule has 2 unspecified atom stereocenters. The first-order valence-electron chi connectivity index (χ1n) is 6.87. The normalized spacial score (nSPS) is 29.9. The van der Waals surface area contributed by atoms with Crippen LogP contribution in [-0.4, -0.2) is 23.7 Å². The van der Waals surface area contributed by atoms with E-state index in [1.807, 2.05) is 19.1 Å². The Labute approximate surface area is 124 Å². The molecule has 1 saturated heterocycles. The van der Waals surface area contributed by atoms with Gasteiger partial charge in [-0.15, -0.1) is 0 Å². The molecule has 4 nitrogen and oxygen atoms in total. The molecule has 0 bridgehead atoms. The molecular formula is C15H21ClN2O2. The van der Waals surface area contributed by atoms with Crippen molar-refractivity contribution in [1.82, 2.24) is 0 Å². The van der Waals surface area contributed by atoms with E-state index in [0.29, 0.717) is 24.5 Å². The summed E-state index contributed by atoms with van der Waals surface area (Å²) < 4.78 is 5.81. The minimum Gasteiger partial charge on any atom is -0.375 e. The predicted octanol–water partition coefficient (Wildman–Crippen LogP) is 2.96. The molecule has 1 aliphatic rings. The molecule has 0 saturated carbocycles. The van der Waals surface area contributed by atoms with Gasteiger partial charge in [-0.25, -0.2) is 0 Å². The molecule has 1 aromatic rings. The summed E-state index contributed by atoms with van der Waals surface area (Å²) in [5, 5.41) is 3.91. The van der Waals surface area contributed by atoms with Crippen LogP contribution in [0.5, 0.6) is 0 Å². The summed E-state index contributed by atoms with van der Waals surface area (Å²) in [6.45, 7) is 4.58. The highest BCUT2D eigenvalue weighted by Crippen LogP contribution is 2.37. The molecule has 1 fully saturated rings. The number of hydrogen-bond acceptors (Lipinski definition) is 3. The van der Waals surface area contributed by atoms with Crippen molar-refractivity contribution >= 4 is 23.2 Å². The third kappa shape index (κ3) is 3.07. The maximum absolute atomic E-state index is 12.0. The van der Waals surface area contributed by atoms with Crippen molar-refractivity contribution in [3.8, 4) is 0 Å². The van der Waals surface area contributed by atoms with Gasteiger partial charge >= 0.3 is 0 Å². The number of nitrogens with one attached hydrogen (secondary N) is 1. The van der Waals surface area contributed by atoms with Crippen LogP contribution < -0.4 is 11.1 Å². The zero-order valence-electron chi connectivity index (χ0n) is 11.9. The number of hydrogen-bond donors (Lipinski definition) is 2. The van der Waals surface area contributed by atoms with Crippen LogP contribution >= 0.6 is 11.6 Å². The molecular weight excluding hydrogens is 276 g/mol. The summed E-state index contributed by atoms with van der Waals surface area (Å²) in [6.07, 6.45) is 1.95. The topological polar surface area (TPSA) is 64.3 Å². The van der Waals surface area contributed by atoms with E-state index in [2.05, 4.69) is 12.2 Å². The molecule has 0 radical (unpaired) electrons. The van der Waals surface area contributed by atoms with E-state index in [9.17, 15) is 4.79 Å². The van der Waals surface area contributed by atoms with Crippen LogP contribution in [0, 0.1) is 0 Å². The van der Waals surface area contributed by atoms with Crippen LogP contribution in [-0.2, 0) is 9.53 Å². The summed E-state index contributed by atoms with van der Waals surface area (Å²) in [5.41, 5.74) is 5.36. The monoisotopic (exact) mass is 296 g/mol. The Kier molecular flexibility index (Phi) is 4.25. The quantitative estimate of drug-likeness (QED) is 0.898. The maximum atomic E-state index is 12.0. The van der Waals surface area contributed by atoms with Crippen molar-refractivity contribution in [2.75, 3.05) is 11.9 Å². The SMILES string of the molecule is CCC1(C)CC(Nc2cccc(Cl)c2)(C(N)=O)CCO1. The number of nitrogens with two attached hydrogens (primary N) is 1. The molecule has 1 aliphatic heterocycles. The smallest absolute Gasteiger partial charge is 0.243 e. The highest BCUT2D eigenvalue weighted by molar-refractivity contribution is 6.30. The Morgan fingerprint density at radius 2 is 2.30 bits per heavy atom. The van der Waals surface area contributed by atoms with Gasteiger partial charge in [0.05, 0.1) is 12.2 Å². The lowest BCUT2D eigenvalue weighted by Gasteiger charge is -2.45. The van der Waals surface area contributed by atoms with Crippen molar-refractivity contribution in [2.24, 2.45) is 5.73 Å². The van der Waals surface area contributed by atoms with Crippen molar-refractivity contribution in [3.05, 3.63) is 29.3 Å². The molecule has 1 heterocycles. The van der Waals surface area contributed by atoms with Crippen molar-refractivity contribution in [3.63, 3.8) is 0 Å². The van der Waals surface area contributed by atoms with Gasteiger partial charge in [0, 0.05) is 23.6 Å². The van der Waals surface area contributed by atoms with E-state index < -0.39 is 5.54 Å². The average molecular weight is 297 g/mol. The van der Waals surface area contributed by atoms with Crippen LogP contribution in [0.25, 0.3) is 0 Å². The van der Waals surface area contributed by atoms with Crippen molar-refractivity contribution < 1.29 is 9.53 Å². The fourth-order valence-corrected chi connectivity index (χ4v) is 2.89. The zero-order chi connectivity index (χ0) is 14.8. The summed E-state index contributed by atoms with van der Waals surface area (Å²) in [4.78, 5) is 12.0. The molecule has 1 amide bonds. The average Bonchev–Trinajstić information content (AvgIpc) is 2.38. The second-order valence-electron chi connectivity index (χ2n) is 5.66. The lowest BCUT2D eigenvalue weighted by atomic mass is 9.78.